The Balaban J connectivity index is 1.49. The maximum Gasteiger partial charge on any atom is 0.261 e. The lowest BCUT2D eigenvalue weighted by molar-refractivity contribution is 0.0954. The Morgan fingerprint density at radius 3 is 2.36 bits per heavy atom. The molecule has 0 unspecified atom stereocenters. The minimum absolute atomic E-state index is 0.0164. The number of carbonyl (C=O) groups is 1. The van der Waals surface area contributed by atoms with E-state index in [0.717, 1.165) is 16.8 Å². The zero-order valence-electron chi connectivity index (χ0n) is 17.8. The second-order valence-corrected chi connectivity index (χ2v) is 9.05. The Morgan fingerprint density at radius 1 is 0.818 bits per heavy atom. The highest BCUT2D eigenvalue weighted by atomic mass is 32.2. The van der Waals surface area contributed by atoms with Gasteiger partial charge in [-0.3, -0.25) is 14.5 Å². The van der Waals surface area contributed by atoms with Crippen LogP contribution in [0.25, 0.3) is 11.1 Å². The molecule has 33 heavy (non-hydrogen) atoms. The van der Waals surface area contributed by atoms with Crippen molar-refractivity contribution in [2.45, 2.75) is 11.3 Å². The van der Waals surface area contributed by atoms with Gasteiger partial charge in [-0.1, -0.05) is 60.7 Å². The van der Waals surface area contributed by atoms with Gasteiger partial charge in [0.05, 0.1) is 10.6 Å². The molecule has 6 nitrogen and oxygen atoms in total. The molecule has 4 rings (SSSR count). The molecule has 0 aliphatic rings. The van der Waals surface area contributed by atoms with Crippen LogP contribution in [0.15, 0.2) is 108 Å². The molecule has 0 radical (unpaired) electrons. The zero-order valence-corrected chi connectivity index (χ0v) is 18.6. The lowest BCUT2D eigenvalue weighted by atomic mass is 10.0. The Morgan fingerprint density at radius 2 is 1.58 bits per heavy atom. The normalized spacial score (nSPS) is 11.0. The van der Waals surface area contributed by atoms with E-state index in [1.807, 2.05) is 60.7 Å². The summed E-state index contributed by atoms with van der Waals surface area (Å²) < 4.78 is 28.9. The Hall–Kier alpha value is -3.97. The number of nitrogens with zero attached hydrogens (tertiary/aromatic N) is 1. The average molecular weight is 458 g/mol. The molecule has 1 aromatic heterocycles. The second kappa shape index (κ2) is 10.1. The quantitative estimate of drug-likeness (QED) is 0.407. The van der Waals surface area contributed by atoms with Gasteiger partial charge in [-0.25, -0.2) is 8.42 Å². The molecular weight excluding hydrogens is 434 g/mol. The predicted molar refractivity (Wildman–Crippen MR) is 129 cm³/mol. The van der Waals surface area contributed by atoms with Crippen LogP contribution in [-0.2, 0) is 16.4 Å². The Bertz CT molecular complexity index is 1340. The highest BCUT2D eigenvalue weighted by molar-refractivity contribution is 7.92. The van der Waals surface area contributed by atoms with E-state index in [1.54, 1.807) is 30.5 Å². The van der Waals surface area contributed by atoms with E-state index < -0.39 is 10.0 Å². The minimum atomic E-state index is -3.90. The fraction of sp³-hybridized carbons (Fsp3) is 0.0769. The number of carbonyl (C=O) groups excluding carboxylic acids is 1. The van der Waals surface area contributed by atoms with Crippen molar-refractivity contribution in [3.63, 3.8) is 0 Å². The van der Waals surface area contributed by atoms with E-state index in [9.17, 15) is 13.2 Å². The molecule has 0 bridgehead atoms. The van der Waals surface area contributed by atoms with Crippen molar-refractivity contribution in [2.75, 3.05) is 11.3 Å². The van der Waals surface area contributed by atoms with Crippen LogP contribution in [0, 0.1) is 0 Å². The molecule has 0 aliphatic carbocycles. The van der Waals surface area contributed by atoms with Gasteiger partial charge in [-0.15, -0.1) is 0 Å². The summed E-state index contributed by atoms with van der Waals surface area (Å²) in [5.74, 6) is -0.340. The van der Waals surface area contributed by atoms with Gasteiger partial charge in [0, 0.05) is 36.0 Å². The summed E-state index contributed by atoms with van der Waals surface area (Å²) in [5.41, 5.74) is 3.28. The van der Waals surface area contributed by atoms with Crippen molar-refractivity contribution in [3.05, 3.63) is 115 Å². The lowest BCUT2D eigenvalue weighted by Gasteiger charge is -2.13. The van der Waals surface area contributed by atoms with E-state index in [-0.39, 0.29) is 16.4 Å². The number of para-hydroxylation sites is 1. The molecule has 2 N–H and O–H groups in total. The first-order valence-electron chi connectivity index (χ1n) is 10.5. The third kappa shape index (κ3) is 5.64. The van der Waals surface area contributed by atoms with Gasteiger partial charge in [-0.05, 0) is 42.0 Å². The van der Waals surface area contributed by atoms with Gasteiger partial charge in [0.2, 0.25) is 0 Å². The molecule has 0 atom stereocenters. The number of aromatic nitrogens is 1. The third-order valence-corrected chi connectivity index (χ3v) is 6.42. The topological polar surface area (TPSA) is 88.2 Å². The predicted octanol–water partition coefficient (Wildman–Crippen LogP) is 4.52. The van der Waals surface area contributed by atoms with Crippen LogP contribution < -0.4 is 10.0 Å². The summed E-state index contributed by atoms with van der Waals surface area (Å²) in [6.45, 7) is 0.398. The number of anilines is 1. The molecule has 7 heteroatoms. The molecule has 0 spiro atoms. The van der Waals surface area contributed by atoms with Crippen molar-refractivity contribution in [1.82, 2.24) is 10.3 Å². The van der Waals surface area contributed by atoms with Gasteiger partial charge < -0.3 is 5.32 Å². The fourth-order valence-corrected chi connectivity index (χ4v) is 4.53. The summed E-state index contributed by atoms with van der Waals surface area (Å²) in [5, 5.41) is 2.81. The first-order valence-corrected chi connectivity index (χ1v) is 12.0. The first-order chi connectivity index (χ1) is 16.0. The molecule has 1 amide bonds. The first kappa shape index (κ1) is 22.2. The maximum atomic E-state index is 13.1. The Labute approximate surface area is 193 Å². The van der Waals surface area contributed by atoms with E-state index in [4.69, 9.17) is 0 Å². The molecule has 1 heterocycles. The molecule has 166 valence electrons. The molecule has 0 aliphatic heterocycles. The molecule has 3 aromatic carbocycles. The van der Waals surface area contributed by atoms with Crippen LogP contribution in [0.3, 0.4) is 0 Å². The number of nitrogens with one attached hydrogen (secondary N) is 2. The van der Waals surface area contributed by atoms with Gasteiger partial charge >= 0.3 is 0 Å². The fourth-order valence-electron chi connectivity index (χ4n) is 3.40. The number of rotatable bonds is 8. The number of hydrogen-bond donors (Lipinski definition) is 2. The standard InChI is InChI=1S/C26H23N3O3S/c30-26(28-18-16-22-12-6-7-17-27-22)21-11-8-13-23(19-21)33(31,32)29-25-15-5-4-14-24(25)20-9-2-1-3-10-20/h1-15,17,19,29H,16,18H2,(H,28,30). The van der Waals surface area contributed by atoms with E-state index in [1.165, 1.54) is 12.1 Å². The number of sulfonamides is 1. The molecular formula is C26H23N3O3S. The number of hydrogen-bond acceptors (Lipinski definition) is 4. The number of benzene rings is 3. The monoisotopic (exact) mass is 457 g/mol. The van der Waals surface area contributed by atoms with Crippen molar-refractivity contribution < 1.29 is 13.2 Å². The van der Waals surface area contributed by atoms with Crippen LogP contribution in [0.5, 0.6) is 0 Å². The maximum absolute atomic E-state index is 13.1. The van der Waals surface area contributed by atoms with Gasteiger partial charge in [-0.2, -0.15) is 0 Å². The smallest absolute Gasteiger partial charge is 0.261 e. The molecule has 0 saturated heterocycles. The SMILES string of the molecule is O=C(NCCc1ccccn1)c1cccc(S(=O)(=O)Nc2ccccc2-c2ccccc2)c1. The molecule has 4 aromatic rings. The van der Waals surface area contributed by atoms with E-state index in [2.05, 4.69) is 15.0 Å². The third-order valence-electron chi connectivity index (χ3n) is 5.06. The van der Waals surface area contributed by atoms with Crippen LogP contribution in [0.1, 0.15) is 16.1 Å². The molecule has 0 fully saturated rings. The van der Waals surface area contributed by atoms with Crippen molar-refractivity contribution in [2.24, 2.45) is 0 Å². The average Bonchev–Trinajstić information content (AvgIpc) is 2.85. The van der Waals surface area contributed by atoms with Crippen LogP contribution in [-0.4, -0.2) is 25.9 Å². The highest BCUT2D eigenvalue weighted by Crippen LogP contribution is 2.29. The molecule has 0 saturated carbocycles. The van der Waals surface area contributed by atoms with Crippen LogP contribution in [0.4, 0.5) is 5.69 Å². The van der Waals surface area contributed by atoms with Crippen molar-refractivity contribution in [1.29, 1.82) is 0 Å². The largest absolute Gasteiger partial charge is 0.352 e. The van der Waals surface area contributed by atoms with Crippen molar-refractivity contribution in [3.8, 4) is 11.1 Å². The van der Waals surface area contributed by atoms with E-state index in [0.29, 0.717) is 18.7 Å². The lowest BCUT2D eigenvalue weighted by Crippen LogP contribution is -2.26. The number of amides is 1. The van der Waals surface area contributed by atoms with Crippen LogP contribution in [0.2, 0.25) is 0 Å². The summed E-state index contributed by atoms with van der Waals surface area (Å²) in [4.78, 5) is 16.8. The zero-order chi connectivity index (χ0) is 23.1. The minimum Gasteiger partial charge on any atom is -0.352 e. The van der Waals surface area contributed by atoms with E-state index >= 15 is 0 Å². The van der Waals surface area contributed by atoms with Gasteiger partial charge in [0.15, 0.2) is 0 Å². The number of pyridine rings is 1. The summed E-state index contributed by atoms with van der Waals surface area (Å²) in [6, 6.07) is 28.4. The van der Waals surface area contributed by atoms with Crippen molar-refractivity contribution >= 4 is 21.6 Å². The van der Waals surface area contributed by atoms with Gasteiger partial charge in [0.1, 0.15) is 0 Å². The summed E-state index contributed by atoms with van der Waals surface area (Å²) in [7, 11) is -3.90. The highest BCUT2D eigenvalue weighted by Gasteiger charge is 2.18. The summed E-state index contributed by atoms with van der Waals surface area (Å²) >= 11 is 0. The second-order valence-electron chi connectivity index (χ2n) is 7.37. The van der Waals surface area contributed by atoms with Gasteiger partial charge in [0.25, 0.3) is 15.9 Å². The van der Waals surface area contributed by atoms with Crippen LogP contribution >= 0.6 is 0 Å². The Kier molecular flexibility index (Phi) is 6.80. The summed E-state index contributed by atoms with van der Waals surface area (Å²) in [6.07, 6.45) is 2.29.